The molecule has 0 aliphatic rings. The normalized spacial score (nSPS) is 12.1. The molecule has 1 atom stereocenters. The fourth-order valence-corrected chi connectivity index (χ4v) is 7.09. The maximum atomic E-state index is 12.2. The van der Waals surface area contributed by atoms with Crippen LogP contribution in [0, 0.1) is 5.92 Å². The SMILES string of the molecule is CCCCCCCCCCCCCCCCCCC(=O)O[C@@H](CO)COC(=O)CCCCCCCCCCCCCCCCCCCCC(C)C. The summed E-state index contributed by atoms with van der Waals surface area (Å²) in [6.45, 7) is 6.55. The Balaban J connectivity index is 3.45. The van der Waals surface area contributed by atoms with Crippen LogP contribution in [0.1, 0.15) is 258 Å². The Morgan fingerprint density at radius 3 is 1.04 bits per heavy atom. The van der Waals surface area contributed by atoms with Crippen molar-refractivity contribution in [3.05, 3.63) is 0 Å². The van der Waals surface area contributed by atoms with Crippen LogP contribution in [0.3, 0.4) is 0 Å². The number of aliphatic hydroxyl groups excluding tert-OH is 1. The lowest BCUT2D eigenvalue weighted by Crippen LogP contribution is -2.28. The van der Waals surface area contributed by atoms with Gasteiger partial charge in [0.2, 0.25) is 0 Å². The molecule has 0 heterocycles. The summed E-state index contributed by atoms with van der Waals surface area (Å²) in [5.74, 6) is 0.294. The maximum Gasteiger partial charge on any atom is 0.306 e. The zero-order valence-electron chi connectivity index (χ0n) is 34.8. The molecule has 0 rings (SSSR count). The van der Waals surface area contributed by atoms with Crippen LogP contribution in [0.2, 0.25) is 0 Å². The maximum absolute atomic E-state index is 12.2. The van der Waals surface area contributed by atoms with Crippen LogP contribution in [0.15, 0.2) is 0 Å². The molecule has 0 aromatic rings. The van der Waals surface area contributed by atoms with Gasteiger partial charge in [0.15, 0.2) is 6.10 Å². The minimum absolute atomic E-state index is 0.0568. The molecule has 5 heteroatoms. The van der Waals surface area contributed by atoms with Crippen molar-refractivity contribution >= 4 is 11.9 Å². The van der Waals surface area contributed by atoms with E-state index >= 15 is 0 Å². The first-order chi connectivity index (χ1) is 25.0. The molecule has 0 radical (unpaired) electrons. The molecule has 0 fully saturated rings. The van der Waals surface area contributed by atoms with E-state index in [1.54, 1.807) is 0 Å². The number of aliphatic hydroxyl groups is 1. The van der Waals surface area contributed by atoms with Crippen molar-refractivity contribution in [2.75, 3.05) is 13.2 Å². The number of ether oxygens (including phenoxy) is 2. The van der Waals surface area contributed by atoms with Crippen molar-refractivity contribution in [1.82, 2.24) is 0 Å². The molecule has 0 aromatic carbocycles. The summed E-state index contributed by atoms with van der Waals surface area (Å²) in [6.07, 6.45) is 46.1. The molecular formula is C46H90O5. The average Bonchev–Trinajstić information content (AvgIpc) is 3.12. The Hall–Kier alpha value is -1.10. The van der Waals surface area contributed by atoms with Crippen molar-refractivity contribution in [3.63, 3.8) is 0 Å². The van der Waals surface area contributed by atoms with Gasteiger partial charge in [0, 0.05) is 12.8 Å². The van der Waals surface area contributed by atoms with Crippen LogP contribution >= 0.6 is 0 Å². The summed E-state index contributed by atoms with van der Waals surface area (Å²) in [5.41, 5.74) is 0. The van der Waals surface area contributed by atoms with Gasteiger partial charge in [0.25, 0.3) is 0 Å². The number of hydrogen-bond acceptors (Lipinski definition) is 5. The van der Waals surface area contributed by atoms with Crippen molar-refractivity contribution in [1.29, 1.82) is 0 Å². The van der Waals surface area contributed by atoms with Crippen LogP contribution in [0.5, 0.6) is 0 Å². The van der Waals surface area contributed by atoms with E-state index in [-0.39, 0.29) is 25.2 Å². The standard InChI is InChI=1S/C46H90O5/c1-4-5-6-7-8-9-10-11-12-18-22-25-28-31-34-37-40-46(49)51-44(41-47)42-50-45(48)39-36-33-30-27-24-21-19-16-14-13-15-17-20-23-26-29-32-35-38-43(2)3/h43-44,47H,4-42H2,1-3H3/t44-/m0/s1. The fourth-order valence-electron chi connectivity index (χ4n) is 7.09. The molecule has 0 saturated heterocycles. The topological polar surface area (TPSA) is 72.8 Å². The zero-order valence-corrected chi connectivity index (χ0v) is 34.8. The summed E-state index contributed by atoms with van der Waals surface area (Å²) < 4.78 is 10.7. The van der Waals surface area contributed by atoms with Crippen LogP contribution in [0.25, 0.3) is 0 Å². The van der Waals surface area contributed by atoms with E-state index in [9.17, 15) is 14.7 Å². The van der Waals surface area contributed by atoms with Gasteiger partial charge in [0.1, 0.15) is 6.61 Å². The number of unbranched alkanes of at least 4 members (excludes halogenated alkanes) is 32. The Labute approximate surface area is 319 Å². The monoisotopic (exact) mass is 723 g/mol. The largest absolute Gasteiger partial charge is 0.462 e. The van der Waals surface area contributed by atoms with Gasteiger partial charge >= 0.3 is 11.9 Å². The molecule has 0 amide bonds. The molecule has 0 bridgehead atoms. The van der Waals surface area contributed by atoms with Crippen molar-refractivity contribution in [2.24, 2.45) is 5.92 Å². The van der Waals surface area contributed by atoms with E-state index in [1.165, 1.54) is 193 Å². The van der Waals surface area contributed by atoms with Gasteiger partial charge in [-0.2, -0.15) is 0 Å². The molecule has 5 nitrogen and oxygen atoms in total. The van der Waals surface area contributed by atoms with Gasteiger partial charge < -0.3 is 14.6 Å². The van der Waals surface area contributed by atoms with Gasteiger partial charge in [-0.15, -0.1) is 0 Å². The van der Waals surface area contributed by atoms with Gasteiger partial charge in [-0.25, -0.2) is 0 Å². The van der Waals surface area contributed by atoms with Gasteiger partial charge in [-0.05, 0) is 18.8 Å². The number of hydrogen-bond donors (Lipinski definition) is 1. The smallest absolute Gasteiger partial charge is 0.306 e. The molecule has 0 saturated carbocycles. The van der Waals surface area contributed by atoms with Crippen LogP contribution in [0.4, 0.5) is 0 Å². The summed E-state index contributed by atoms with van der Waals surface area (Å²) >= 11 is 0. The third-order valence-corrected chi connectivity index (χ3v) is 10.6. The van der Waals surface area contributed by atoms with Gasteiger partial charge in [0.05, 0.1) is 6.61 Å². The molecule has 0 aliphatic heterocycles. The second-order valence-corrected chi connectivity index (χ2v) is 16.3. The first-order valence-corrected chi connectivity index (χ1v) is 23.0. The summed E-state index contributed by atoms with van der Waals surface area (Å²) in [4.78, 5) is 24.3. The minimum Gasteiger partial charge on any atom is -0.462 e. The highest BCUT2D eigenvalue weighted by molar-refractivity contribution is 5.70. The van der Waals surface area contributed by atoms with Crippen LogP contribution < -0.4 is 0 Å². The Morgan fingerprint density at radius 2 is 0.725 bits per heavy atom. The molecule has 1 N–H and O–H groups in total. The molecule has 0 aromatic heterocycles. The quantitative estimate of drug-likeness (QED) is 0.0501. The fraction of sp³-hybridized carbons (Fsp3) is 0.957. The second-order valence-electron chi connectivity index (χ2n) is 16.3. The van der Waals surface area contributed by atoms with E-state index in [2.05, 4.69) is 20.8 Å². The van der Waals surface area contributed by atoms with E-state index in [0.29, 0.717) is 12.8 Å². The first kappa shape index (κ1) is 49.9. The lowest BCUT2D eigenvalue weighted by atomic mass is 10.0. The predicted octanol–water partition coefficient (Wildman–Crippen LogP) is 14.5. The van der Waals surface area contributed by atoms with Crippen LogP contribution in [-0.4, -0.2) is 36.4 Å². The number of carbonyl (C=O) groups excluding carboxylic acids is 2. The molecule has 51 heavy (non-hydrogen) atoms. The Morgan fingerprint density at radius 1 is 0.431 bits per heavy atom. The molecule has 304 valence electrons. The highest BCUT2D eigenvalue weighted by atomic mass is 16.6. The van der Waals surface area contributed by atoms with E-state index in [4.69, 9.17) is 9.47 Å². The molecular weight excluding hydrogens is 633 g/mol. The first-order valence-electron chi connectivity index (χ1n) is 23.0. The summed E-state index contributed by atoms with van der Waals surface area (Å²) in [7, 11) is 0. The van der Waals surface area contributed by atoms with Gasteiger partial charge in [-0.3, -0.25) is 9.59 Å². The van der Waals surface area contributed by atoms with Crippen molar-refractivity contribution in [3.8, 4) is 0 Å². The zero-order chi connectivity index (χ0) is 37.3. The van der Waals surface area contributed by atoms with E-state index in [1.807, 2.05) is 0 Å². The average molecular weight is 723 g/mol. The predicted molar refractivity (Wildman–Crippen MR) is 219 cm³/mol. The molecule has 0 aliphatic carbocycles. The third kappa shape index (κ3) is 41.5. The number of esters is 2. The second kappa shape index (κ2) is 41.7. The Kier molecular flexibility index (Phi) is 40.8. The van der Waals surface area contributed by atoms with Gasteiger partial charge in [-0.1, -0.05) is 233 Å². The van der Waals surface area contributed by atoms with Crippen LogP contribution in [-0.2, 0) is 19.1 Å². The minimum atomic E-state index is -0.762. The highest BCUT2D eigenvalue weighted by Gasteiger charge is 2.16. The van der Waals surface area contributed by atoms with Crippen molar-refractivity contribution in [2.45, 2.75) is 264 Å². The third-order valence-electron chi connectivity index (χ3n) is 10.6. The Bertz CT molecular complexity index is 708. The van der Waals surface area contributed by atoms with E-state index < -0.39 is 6.10 Å². The molecule has 0 spiro atoms. The lowest BCUT2D eigenvalue weighted by molar-refractivity contribution is -0.161. The summed E-state index contributed by atoms with van der Waals surface area (Å²) in [6, 6.07) is 0. The number of carbonyl (C=O) groups is 2. The number of rotatable bonds is 42. The molecule has 0 unspecified atom stereocenters. The summed E-state index contributed by atoms with van der Waals surface area (Å²) in [5, 5.41) is 9.59. The lowest BCUT2D eigenvalue weighted by Gasteiger charge is -2.15. The van der Waals surface area contributed by atoms with Crippen molar-refractivity contribution < 1.29 is 24.2 Å². The van der Waals surface area contributed by atoms with E-state index in [0.717, 1.165) is 38.0 Å². The highest BCUT2D eigenvalue weighted by Crippen LogP contribution is 2.17.